The highest BCUT2D eigenvalue weighted by Gasteiger charge is 2.13. The number of anilines is 1. The van der Waals surface area contributed by atoms with Crippen LogP contribution in [0.15, 0.2) is 48.7 Å². The molecule has 0 saturated heterocycles. The van der Waals surface area contributed by atoms with Crippen LogP contribution in [0, 0.1) is 0 Å². The molecule has 1 heterocycles. The zero-order valence-electron chi connectivity index (χ0n) is 11.1. The maximum atomic E-state index is 12.3. The molecule has 0 atom stereocenters. The van der Waals surface area contributed by atoms with Gasteiger partial charge in [-0.05, 0) is 17.7 Å². The monoisotopic (exact) mass is 255 g/mol. The number of aromatic nitrogens is 1. The SMILES string of the molecule is CNc1ccnc(C(=O)N(C)Cc2ccccc2)c1. The normalized spacial score (nSPS) is 10.0. The van der Waals surface area contributed by atoms with Gasteiger partial charge in [0.05, 0.1) is 0 Å². The van der Waals surface area contributed by atoms with E-state index in [1.165, 1.54) is 0 Å². The number of carbonyl (C=O) groups excluding carboxylic acids is 1. The van der Waals surface area contributed by atoms with Gasteiger partial charge >= 0.3 is 0 Å². The van der Waals surface area contributed by atoms with E-state index >= 15 is 0 Å². The molecule has 1 N–H and O–H groups in total. The van der Waals surface area contributed by atoms with Crippen LogP contribution >= 0.6 is 0 Å². The number of rotatable bonds is 4. The van der Waals surface area contributed by atoms with Crippen LogP contribution < -0.4 is 5.32 Å². The van der Waals surface area contributed by atoms with Crippen LogP contribution in [-0.2, 0) is 6.54 Å². The van der Waals surface area contributed by atoms with E-state index in [1.54, 1.807) is 24.2 Å². The Morgan fingerprint density at radius 1 is 1.26 bits per heavy atom. The second-order valence-corrected chi connectivity index (χ2v) is 4.33. The number of pyridine rings is 1. The van der Waals surface area contributed by atoms with Crippen molar-refractivity contribution < 1.29 is 4.79 Å². The lowest BCUT2D eigenvalue weighted by Crippen LogP contribution is -2.27. The standard InChI is InChI=1S/C15H17N3O/c1-16-13-8-9-17-14(10-13)15(19)18(2)11-12-6-4-3-5-7-12/h3-10H,11H2,1-2H3,(H,16,17). The quantitative estimate of drug-likeness (QED) is 0.912. The zero-order valence-corrected chi connectivity index (χ0v) is 11.1. The van der Waals surface area contributed by atoms with Crippen molar-refractivity contribution in [1.29, 1.82) is 0 Å². The van der Waals surface area contributed by atoms with Gasteiger partial charge in [-0.1, -0.05) is 30.3 Å². The van der Waals surface area contributed by atoms with Crippen LogP contribution in [0.25, 0.3) is 0 Å². The second kappa shape index (κ2) is 6.00. The fourth-order valence-electron chi connectivity index (χ4n) is 1.83. The molecular formula is C15H17N3O. The summed E-state index contributed by atoms with van der Waals surface area (Å²) in [6.07, 6.45) is 1.63. The fraction of sp³-hybridized carbons (Fsp3) is 0.200. The lowest BCUT2D eigenvalue weighted by Gasteiger charge is -2.17. The van der Waals surface area contributed by atoms with Gasteiger partial charge < -0.3 is 10.2 Å². The Hall–Kier alpha value is -2.36. The average molecular weight is 255 g/mol. The predicted molar refractivity (Wildman–Crippen MR) is 76.0 cm³/mol. The van der Waals surface area contributed by atoms with Crippen molar-refractivity contribution >= 4 is 11.6 Å². The Labute approximate surface area is 113 Å². The Balaban J connectivity index is 2.10. The first kappa shape index (κ1) is 13.1. The summed E-state index contributed by atoms with van der Waals surface area (Å²) in [4.78, 5) is 18.0. The Kier molecular flexibility index (Phi) is 4.13. The molecular weight excluding hydrogens is 238 g/mol. The molecule has 4 nitrogen and oxygen atoms in total. The highest BCUT2D eigenvalue weighted by atomic mass is 16.2. The Morgan fingerprint density at radius 3 is 2.68 bits per heavy atom. The van der Waals surface area contributed by atoms with E-state index in [-0.39, 0.29) is 5.91 Å². The summed E-state index contributed by atoms with van der Waals surface area (Å²) in [5.41, 5.74) is 2.43. The summed E-state index contributed by atoms with van der Waals surface area (Å²) in [7, 11) is 3.60. The molecule has 0 unspecified atom stereocenters. The highest BCUT2D eigenvalue weighted by Crippen LogP contribution is 2.10. The van der Waals surface area contributed by atoms with Gasteiger partial charge in [0.15, 0.2) is 0 Å². The van der Waals surface area contributed by atoms with E-state index in [2.05, 4.69) is 10.3 Å². The minimum atomic E-state index is -0.0825. The van der Waals surface area contributed by atoms with Gasteiger partial charge in [0.25, 0.3) is 5.91 Å². The van der Waals surface area contributed by atoms with Gasteiger partial charge in [-0.2, -0.15) is 0 Å². The number of carbonyl (C=O) groups is 1. The second-order valence-electron chi connectivity index (χ2n) is 4.33. The number of amides is 1. The molecule has 0 spiro atoms. The molecule has 0 saturated carbocycles. The van der Waals surface area contributed by atoms with Gasteiger partial charge in [0.2, 0.25) is 0 Å². The third kappa shape index (κ3) is 3.31. The number of nitrogens with one attached hydrogen (secondary N) is 1. The Morgan fingerprint density at radius 2 is 2.00 bits per heavy atom. The van der Waals surface area contributed by atoms with E-state index in [0.717, 1.165) is 11.3 Å². The van der Waals surface area contributed by atoms with Crippen molar-refractivity contribution in [3.05, 3.63) is 59.9 Å². The first-order chi connectivity index (χ1) is 9.20. The third-order valence-corrected chi connectivity index (χ3v) is 2.88. The summed E-state index contributed by atoms with van der Waals surface area (Å²) < 4.78 is 0. The van der Waals surface area contributed by atoms with Gasteiger partial charge in [0, 0.05) is 32.5 Å². The van der Waals surface area contributed by atoms with Crippen molar-refractivity contribution in [2.75, 3.05) is 19.4 Å². The number of hydrogen-bond donors (Lipinski definition) is 1. The largest absolute Gasteiger partial charge is 0.388 e. The van der Waals surface area contributed by atoms with Crippen LogP contribution in [0.1, 0.15) is 16.1 Å². The summed E-state index contributed by atoms with van der Waals surface area (Å²) in [6, 6.07) is 13.5. The highest BCUT2D eigenvalue weighted by molar-refractivity contribution is 5.92. The molecule has 98 valence electrons. The van der Waals surface area contributed by atoms with E-state index in [1.807, 2.05) is 43.4 Å². The lowest BCUT2D eigenvalue weighted by molar-refractivity contribution is 0.0779. The fourth-order valence-corrected chi connectivity index (χ4v) is 1.83. The van der Waals surface area contributed by atoms with Crippen molar-refractivity contribution in [3.8, 4) is 0 Å². The zero-order chi connectivity index (χ0) is 13.7. The minimum absolute atomic E-state index is 0.0825. The maximum Gasteiger partial charge on any atom is 0.272 e. The molecule has 0 aliphatic carbocycles. The predicted octanol–water partition coefficient (Wildman–Crippen LogP) is 2.40. The van der Waals surface area contributed by atoms with Gasteiger partial charge in [-0.25, -0.2) is 0 Å². The molecule has 0 bridgehead atoms. The minimum Gasteiger partial charge on any atom is -0.388 e. The van der Waals surface area contributed by atoms with Gasteiger partial charge in [-0.15, -0.1) is 0 Å². The first-order valence-corrected chi connectivity index (χ1v) is 6.14. The number of hydrogen-bond acceptors (Lipinski definition) is 3. The molecule has 1 aromatic heterocycles. The molecule has 1 aromatic carbocycles. The molecule has 0 radical (unpaired) electrons. The van der Waals surface area contributed by atoms with Gasteiger partial charge in [0.1, 0.15) is 5.69 Å². The third-order valence-electron chi connectivity index (χ3n) is 2.88. The van der Waals surface area contributed by atoms with E-state index in [0.29, 0.717) is 12.2 Å². The average Bonchev–Trinajstić information content (AvgIpc) is 2.47. The van der Waals surface area contributed by atoms with E-state index < -0.39 is 0 Å². The topological polar surface area (TPSA) is 45.2 Å². The maximum absolute atomic E-state index is 12.3. The van der Waals surface area contributed by atoms with Gasteiger partial charge in [-0.3, -0.25) is 9.78 Å². The number of nitrogens with zero attached hydrogens (tertiary/aromatic N) is 2. The molecule has 2 rings (SSSR count). The first-order valence-electron chi connectivity index (χ1n) is 6.14. The van der Waals surface area contributed by atoms with Crippen LogP contribution in [0.4, 0.5) is 5.69 Å². The molecule has 0 fully saturated rings. The van der Waals surface area contributed by atoms with Crippen LogP contribution in [-0.4, -0.2) is 29.9 Å². The van der Waals surface area contributed by atoms with E-state index in [9.17, 15) is 4.79 Å². The van der Waals surface area contributed by atoms with Crippen molar-refractivity contribution in [3.63, 3.8) is 0 Å². The smallest absolute Gasteiger partial charge is 0.272 e. The van der Waals surface area contributed by atoms with Crippen LogP contribution in [0.5, 0.6) is 0 Å². The summed E-state index contributed by atoms with van der Waals surface area (Å²) >= 11 is 0. The number of benzene rings is 1. The van der Waals surface area contributed by atoms with Crippen molar-refractivity contribution in [2.24, 2.45) is 0 Å². The molecule has 1 amide bonds. The lowest BCUT2D eigenvalue weighted by atomic mass is 10.2. The molecule has 4 heteroatoms. The molecule has 19 heavy (non-hydrogen) atoms. The van der Waals surface area contributed by atoms with Crippen LogP contribution in [0.3, 0.4) is 0 Å². The summed E-state index contributed by atoms with van der Waals surface area (Å²) in [5, 5.41) is 3.00. The summed E-state index contributed by atoms with van der Waals surface area (Å²) in [6.45, 7) is 0.575. The Bertz CT molecular complexity index is 554. The van der Waals surface area contributed by atoms with E-state index in [4.69, 9.17) is 0 Å². The summed E-state index contributed by atoms with van der Waals surface area (Å²) in [5.74, 6) is -0.0825. The van der Waals surface area contributed by atoms with Crippen LogP contribution in [0.2, 0.25) is 0 Å². The van der Waals surface area contributed by atoms with Crippen molar-refractivity contribution in [1.82, 2.24) is 9.88 Å². The van der Waals surface area contributed by atoms with Crippen molar-refractivity contribution in [2.45, 2.75) is 6.54 Å². The molecule has 0 aliphatic rings. The molecule has 0 aliphatic heterocycles. The molecule has 2 aromatic rings.